The number of fused-ring (bicyclic) bond motifs is 1. The molecule has 0 aliphatic heterocycles. The summed E-state index contributed by atoms with van der Waals surface area (Å²) in [4.78, 5) is 12.0. The zero-order chi connectivity index (χ0) is 13.1. The fourth-order valence-corrected chi connectivity index (χ4v) is 1.77. The maximum absolute atomic E-state index is 9.21. The van der Waals surface area contributed by atoms with Crippen molar-refractivity contribution in [3.05, 3.63) is 12.7 Å². The van der Waals surface area contributed by atoms with Gasteiger partial charge < -0.3 is 20.5 Å². The lowest BCUT2D eigenvalue weighted by atomic mass is 10.0. The highest BCUT2D eigenvalue weighted by atomic mass is 16.3. The van der Waals surface area contributed by atoms with Crippen molar-refractivity contribution in [2.75, 3.05) is 18.9 Å². The Morgan fingerprint density at radius 3 is 2.67 bits per heavy atom. The topological polar surface area (TPSA) is 110 Å². The lowest BCUT2D eigenvalue weighted by molar-refractivity contribution is 0.127. The first-order valence-corrected chi connectivity index (χ1v) is 5.33. The number of aliphatic hydroxyl groups excluding tert-OH is 2. The molecule has 2 aromatic rings. The average Bonchev–Trinajstić information content (AvgIpc) is 2.81. The lowest BCUT2D eigenvalue weighted by Gasteiger charge is -2.20. The molecule has 0 aromatic carbocycles. The van der Waals surface area contributed by atoms with Gasteiger partial charge in [0.2, 0.25) is 0 Å². The molecular formula is C11H13N5O2. The maximum Gasteiger partial charge on any atom is 0.166 e. The monoisotopic (exact) mass is 247 g/mol. The SMILES string of the molecule is C#CC(C(CO)CO)n1cnc2c(N)ncnc21. The third-order valence-electron chi connectivity index (χ3n) is 2.77. The van der Waals surface area contributed by atoms with Crippen LogP contribution in [0.15, 0.2) is 12.7 Å². The maximum atomic E-state index is 9.21. The van der Waals surface area contributed by atoms with Gasteiger partial charge in [0, 0.05) is 5.92 Å². The largest absolute Gasteiger partial charge is 0.396 e. The van der Waals surface area contributed by atoms with E-state index in [-0.39, 0.29) is 19.0 Å². The smallest absolute Gasteiger partial charge is 0.166 e. The first kappa shape index (κ1) is 12.3. The molecule has 4 N–H and O–H groups in total. The number of hydrogen-bond donors (Lipinski definition) is 3. The fraction of sp³-hybridized carbons (Fsp3) is 0.364. The molecule has 0 fully saturated rings. The van der Waals surface area contributed by atoms with Gasteiger partial charge in [-0.1, -0.05) is 5.92 Å². The summed E-state index contributed by atoms with van der Waals surface area (Å²) in [6.45, 7) is -0.461. The molecule has 7 heteroatoms. The molecule has 0 spiro atoms. The van der Waals surface area contributed by atoms with Crippen molar-refractivity contribution in [3.63, 3.8) is 0 Å². The molecule has 7 nitrogen and oxygen atoms in total. The van der Waals surface area contributed by atoms with E-state index in [1.54, 1.807) is 4.57 Å². The molecule has 0 aliphatic carbocycles. The zero-order valence-electron chi connectivity index (χ0n) is 9.56. The van der Waals surface area contributed by atoms with Gasteiger partial charge in [-0.2, -0.15) is 0 Å². The van der Waals surface area contributed by atoms with Gasteiger partial charge in [0.05, 0.1) is 19.5 Å². The zero-order valence-corrected chi connectivity index (χ0v) is 9.56. The van der Waals surface area contributed by atoms with Crippen LogP contribution in [0.4, 0.5) is 5.82 Å². The van der Waals surface area contributed by atoms with Crippen molar-refractivity contribution >= 4 is 17.0 Å². The molecule has 0 bridgehead atoms. The summed E-state index contributed by atoms with van der Waals surface area (Å²) in [7, 11) is 0. The molecule has 18 heavy (non-hydrogen) atoms. The summed E-state index contributed by atoms with van der Waals surface area (Å²) in [6, 6.07) is -0.542. The number of aromatic nitrogens is 4. The molecule has 0 radical (unpaired) electrons. The highest BCUT2D eigenvalue weighted by Gasteiger charge is 2.22. The molecule has 0 amide bonds. The Kier molecular flexibility index (Phi) is 3.41. The quantitative estimate of drug-likeness (QED) is 0.609. The second-order valence-corrected chi connectivity index (χ2v) is 3.82. The summed E-state index contributed by atoms with van der Waals surface area (Å²) < 4.78 is 1.60. The van der Waals surface area contributed by atoms with E-state index in [1.165, 1.54) is 12.7 Å². The standard InChI is InChI=1S/C11H13N5O2/c1-2-8(7(3-17)4-18)16-6-15-9-10(12)13-5-14-11(9)16/h1,5-8,17-18H,3-4H2,(H2,12,13,14). The molecule has 0 aliphatic rings. The Balaban J connectivity index is 2.53. The van der Waals surface area contributed by atoms with Gasteiger partial charge in [0.15, 0.2) is 11.5 Å². The molecular weight excluding hydrogens is 234 g/mol. The van der Waals surface area contributed by atoms with E-state index in [2.05, 4.69) is 20.9 Å². The van der Waals surface area contributed by atoms with E-state index in [0.717, 1.165) is 0 Å². The van der Waals surface area contributed by atoms with Crippen LogP contribution in [0.25, 0.3) is 11.2 Å². The first-order chi connectivity index (χ1) is 8.72. The van der Waals surface area contributed by atoms with Crippen molar-refractivity contribution in [1.29, 1.82) is 0 Å². The predicted molar refractivity (Wildman–Crippen MR) is 65.3 cm³/mol. The third-order valence-corrected chi connectivity index (χ3v) is 2.77. The minimum Gasteiger partial charge on any atom is -0.396 e. The fourth-order valence-electron chi connectivity index (χ4n) is 1.77. The Hall–Kier alpha value is -2.17. The van der Waals surface area contributed by atoms with Gasteiger partial charge in [0.1, 0.15) is 17.9 Å². The summed E-state index contributed by atoms with van der Waals surface area (Å²) >= 11 is 0. The van der Waals surface area contributed by atoms with Crippen molar-refractivity contribution in [3.8, 4) is 12.3 Å². The van der Waals surface area contributed by atoms with Gasteiger partial charge in [-0.05, 0) is 0 Å². The Bertz CT molecular complexity index is 585. The van der Waals surface area contributed by atoms with Crippen molar-refractivity contribution in [2.45, 2.75) is 6.04 Å². The number of terminal acetylenes is 1. The summed E-state index contributed by atoms with van der Waals surface area (Å²) in [5, 5.41) is 18.4. The number of aliphatic hydroxyl groups is 2. The molecule has 94 valence electrons. The van der Waals surface area contributed by atoms with Crippen LogP contribution in [0.5, 0.6) is 0 Å². The number of imidazole rings is 1. The van der Waals surface area contributed by atoms with Gasteiger partial charge in [0.25, 0.3) is 0 Å². The molecule has 1 unspecified atom stereocenters. The molecule has 1 atom stereocenters. The number of anilines is 1. The van der Waals surface area contributed by atoms with Gasteiger partial charge in [-0.3, -0.25) is 0 Å². The number of nitrogens with zero attached hydrogens (tertiary/aromatic N) is 4. The van der Waals surface area contributed by atoms with Crippen LogP contribution in [0.2, 0.25) is 0 Å². The second kappa shape index (κ2) is 5.00. The molecule has 0 saturated carbocycles. The van der Waals surface area contributed by atoms with Crippen LogP contribution >= 0.6 is 0 Å². The number of nitrogen functional groups attached to an aromatic ring is 1. The van der Waals surface area contributed by atoms with Gasteiger partial charge in [-0.15, -0.1) is 6.42 Å². The molecule has 2 heterocycles. The van der Waals surface area contributed by atoms with E-state index in [9.17, 15) is 10.2 Å². The van der Waals surface area contributed by atoms with Crippen LogP contribution in [-0.4, -0.2) is 42.9 Å². The van der Waals surface area contributed by atoms with Crippen LogP contribution in [-0.2, 0) is 0 Å². The van der Waals surface area contributed by atoms with E-state index in [4.69, 9.17) is 12.2 Å². The summed E-state index contributed by atoms with van der Waals surface area (Å²) in [5.41, 5.74) is 6.61. The highest BCUT2D eigenvalue weighted by Crippen LogP contribution is 2.23. The van der Waals surface area contributed by atoms with Gasteiger partial charge in [-0.25, -0.2) is 15.0 Å². The van der Waals surface area contributed by atoms with E-state index in [1.807, 2.05) is 0 Å². The Labute approximate surface area is 103 Å². The Morgan fingerprint density at radius 2 is 2.06 bits per heavy atom. The summed E-state index contributed by atoms with van der Waals surface area (Å²) in [6.07, 6.45) is 8.25. The van der Waals surface area contributed by atoms with Crippen molar-refractivity contribution in [2.24, 2.45) is 5.92 Å². The second-order valence-electron chi connectivity index (χ2n) is 3.82. The minimum atomic E-state index is -0.542. The average molecular weight is 247 g/mol. The normalized spacial score (nSPS) is 12.8. The van der Waals surface area contributed by atoms with E-state index >= 15 is 0 Å². The third kappa shape index (κ3) is 1.88. The van der Waals surface area contributed by atoms with Crippen LogP contribution in [0.1, 0.15) is 6.04 Å². The number of rotatable bonds is 4. The highest BCUT2D eigenvalue weighted by molar-refractivity contribution is 5.81. The molecule has 2 aromatic heterocycles. The van der Waals surface area contributed by atoms with E-state index < -0.39 is 12.0 Å². The molecule has 2 rings (SSSR count). The number of hydrogen-bond acceptors (Lipinski definition) is 6. The van der Waals surface area contributed by atoms with Gasteiger partial charge >= 0.3 is 0 Å². The first-order valence-electron chi connectivity index (χ1n) is 5.33. The minimum absolute atomic E-state index is 0.231. The lowest BCUT2D eigenvalue weighted by Crippen LogP contribution is -2.24. The van der Waals surface area contributed by atoms with E-state index in [0.29, 0.717) is 11.2 Å². The van der Waals surface area contributed by atoms with Crippen LogP contribution < -0.4 is 5.73 Å². The van der Waals surface area contributed by atoms with Crippen LogP contribution in [0.3, 0.4) is 0 Å². The van der Waals surface area contributed by atoms with Crippen molar-refractivity contribution < 1.29 is 10.2 Å². The Morgan fingerprint density at radius 1 is 1.33 bits per heavy atom. The predicted octanol–water partition coefficient (Wildman–Crippen LogP) is -0.816. The molecule has 0 saturated heterocycles. The number of nitrogens with two attached hydrogens (primary N) is 1. The summed E-state index contributed by atoms with van der Waals surface area (Å²) in [5.74, 6) is 2.30. The van der Waals surface area contributed by atoms with Crippen molar-refractivity contribution in [1.82, 2.24) is 19.5 Å². The van der Waals surface area contributed by atoms with Crippen LogP contribution in [0, 0.1) is 18.3 Å².